The molecule has 1 saturated heterocycles. The number of benzene rings is 3. The summed E-state index contributed by atoms with van der Waals surface area (Å²) in [7, 11) is 0. The fourth-order valence-electron chi connectivity index (χ4n) is 3.74. The third kappa shape index (κ3) is 4.20. The first-order valence-electron chi connectivity index (χ1n) is 10.5. The summed E-state index contributed by atoms with van der Waals surface area (Å²) in [6.45, 7) is 0.626. The number of para-hydroxylation sites is 2. The molecule has 7 heteroatoms. The van der Waals surface area contributed by atoms with Crippen molar-refractivity contribution in [2.24, 2.45) is 0 Å². The number of carbonyl (C=O) groups excluding carboxylic acids is 2. The molecule has 6 nitrogen and oxygen atoms in total. The molecule has 0 unspecified atom stereocenters. The summed E-state index contributed by atoms with van der Waals surface area (Å²) in [6, 6.07) is 22.9. The van der Waals surface area contributed by atoms with Crippen molar-refractivity contribution in [3.63, 3.8) is 0 Å². The zero-order valence-corrected chi connectivity index (χ0v) is 18.1. The first kappa shape index (κ1) is 20.2. The molecule has 0 radical (unpaired) electrons. The SMILES string of the molecule is O=C(COc1ccccc1-c1nc2ccccc2s1)Nc1ccc(N2CCCC2=O)cc1. The van der Waals surface area contributed by atoms with Gasteiger partial charge in [0.2, 0.25) is 5.91 Å². The Kier molecular flexibility index (Phi) is 5.56. The minimum Gasteiger partial charge on any atom is -0.483 e. The van der Waals surface area contributed by atoms with Crippen molar-refractivity contribution >= 4 is 44.7 Å². The highest BCUT2D eigenvalue weighted by atomic mass is 32.1. The number of nitrogens with one attached hydrogen (secondary N) is 1. The predicted molar refractivity (Wildman–Crippen MR) is 127 cm³/mol. The van der Waals surface area contributed by atoms with Crippen LogP contribution in [0.2, 0.25) is 0 Å². The number of nitrogens with zero attached hydrogens (tertiary/aromatic N) is 2. The van der Waals surface area contributed by atoms with E-state index >= 15 is 0 Å². The monoisotopic (exact) mass is 443 g/mol. The Morgan fingerprint density at radius 2 is 1.81 bits per heavy atom. The summed E-state index contributed by atoms with van der Waals surface area (Å²) in [4.78, 5) is 30.8. The van der Waals surface area contributed by atoms with Crippen LogP contribution >= 0.6 is 11.3 Å². The molecule has 3 aromatic carbocycles. The summed E-state index contributed by atoms with van der Waals surface area (Å²) in [6.07, 6.45) is 1.47. The Labute approximate surface area is 189 Å². The number of rotatable bonds is 6. The normalized spacial score (nSPS) is 13.5. The molecule has 4 aromatic rings. The number of carbonyl (C=O) groups is 2. The highest BCUT2D eigenvalue weighted by Gasteiger charge is 2.21. The maximum absolute atomic E-state index is 12.5. The van der Waals surface area contributed by atoms with E-state index in [1.807, 2.05) is 60.7 Å². The Hall–Kier alpha value is -3.71. The van der Waals surface area contributed by atoms with E-state index in [1.54, 1.807) is 28.4 Å². The van der Waals surface area contributed by atoms with E-state index in [2.05, 4.69) is 5.32 Å². The lowest BCUT2D eigenvalue weighted by atomic mass is 10.2. The Bertz CT molecular complexity index is 1250. The van der Waals surface area contributed by atoms with Crippen molar-refractivity contribution in [3.8, 4) is 16.3 Å². The molecule has 0 aliphatic carbocycles. The molecule has 2 amide bonds. The van der Waals surface area contributed by atoms with E-state index in [9.17, 15) is 9.59 Å². The van der Waals surface area contributed by atoms with Gasteiger partial charge in [0, 0.05) is 24.3 Å². The topological polar surface area (TPSA) is 71.5 Å². The maximum Gasteiger partial charge on any atom is 0.262 e. The number of ether oxygens (including phenoxy) is 1. The second-order valence-electron chi connectivity index (χ2n) is 7.52. The lowest BCUT2D eigenvalue weighted by Gasteiger charge is -2.16. The lowest BCUT2D eigenvalue weighted by molar-refractivity contribution is -0.118. The van der Waals surface area contributed by atoms with Gasteiger partial charge in [-0.1, -0.05) is 24.3 Å². The zero-order chi connectivity index (χ0) is 21.9. The molecule has 0 bridgehead atoms. The largest absolute Gasteiger partial charge is 0.483 e. The van der Waals surface area contributed by atoms with Crippen molar-refractivity contribution in [2.45, 2.75) is 12.8 Å². The van der Waals surface area contributed by atoms with Crippen molar-refractivity contribution in [2.75, 3.05) is 23.4 Å². The smallest absolute Gasteiger partial charge is 0.262 e. The summed E-state index contributed by atoms with van der Waals surface area (Å²) in [5.41, 5.74) is 3.32. The Balaban J connectivity index is 1.24. The molecule has 5 rings (SSSR count). The summed E-state index contributed by atoms with van der Waals surface area (Å²) < 4.78 is 6.95. The second-order valence-corrected chi connectivity index (χ2v) is 8.55. The molecule has 0 saturated carbocycles. The predicted octanol–water partition coefficient (Wildman–Crippen LogP) is 5.11. The molecule has 32 heavy (non-hydrogen) atoms. The van der Waals surface area contributed by atoms with Gasteiger partial charge < -0.3 is 15.0 Å². The third-order valence-corrected chi connectivity index (χ3v) is 6.38. The van der Waals surface area contributed by atoms with Crippen LogP contribution in [-0.2, 0) is 9.59 Å². The van der Waals surface area contributed by atoms with Crippen LogP contribution in [0, 0.1) is 0 Å². The average Bonchev–Trinajstić information content (AvgIpc) is 3.44. The van der Waals surface area contributed by atoms with Gasteiger partial charge in [0.1, 0.15) is 10.8 Å². The third-order valence-electron chi connectivity index (χ3n) is 5.31. The molecule has 160 valence electrons. The summed E-state index contributed by atoms with van der Waals surface area (Å²) in [5, 5.41) is 3.70. The van der Waals surface area contributed by atoms with Gasteiger partial charge >= 0.3 is 0 Å². The first-order chi connectivity index (χ1) is 15.7. The molecular formula is C25H21N3O3S. The fourth-order valence-corrected chi connectivity index (χ4v) is 4.74. The first-order valence-corrected chi connectivity index (χ1v) is 11.3. The molecule has 0 atom stereocenters. The molecule has 1 aliphatic rings. The van der Waals surface area contributed by atoms with Gasteiger partial charge in [-0.15, -0.1) is 11.3 Å². The molecule has 1 aromatic heterocycles. The van der Waals surface area contributed by atoms with Crippen molar-refractivity contribution in [1.82, 2.24) is 4.98 Å². The van der Waals surface area contributed by atoms with Gasteiger partial charge in [0.15, 0.2) is 6.61 Å². The van der Waals surface area contributed by atoms with Crippen LogP contribution < -0.4 is 15.0 Å². The van der Waals surface area contributed by atoms with E-state index in [0.29, 0.717) is 17.9 Å². The highest BCUT2D eigenvalue weighted by molar-refractivity contribution is 7.21. The van der Waals surface area contributed by atoms with Gasteiger partial charge in [0.05, 0.1) is 15.8 Å². The average molecular weight is 444 g/mol. The van der Waals surface area contributed by atoms with Crippen LogP contribution in [0.3, 0.4) is 0 Å². The fraction of sp³-hybridized carbons (Fsp3) is 0.160. The van der Waals surface area contributed by atoms with Crippen molar-refractivity contribution < 1.29 is 14.3 Å². The molecular weight excluding hydrogens is 422 g/mol. The molecule has 0 spiro atoms. The van der Waals surface area contributed by atoms with Crippen molar-refractivity contribution in [1.29, 1.82) is 0 Å². The van der Waals surface area contributed by atoms with Crippen LogP contribution in [0.5, 0.6) is 5.75 Å². The Morgan fingerprint density at radius 3 is 2.59 bits per heavy atom. The molecule has 1 N–H and O–H groups in total. The van der Waals surface area contributed by atoms with E-state index in [-0.39, 0.29) is 18.4 Å². The van der Waals surface area contributed by atoms with Crippen LogP contribution in [0.25, 0.3) is 20.8 Å². The number of hydrogen-bond acceptors (Lipinski definition) is 5. The second kappa shape index (κ2) is 8.80. The Morgan fingerprint density at radius 1 is 1.03 bits per heavy atom. The van der Waals surface area contributed by atoms with Crippen LogP contribution in [0.15, 0.2) is 72.8 Å². The zero-order valence-electron chi connectivity index (χ0n) is 17.3. The van der Waals surface area contributed by atoms with Crippen LogP contribution in [-0.4, -0.2) is 29.9 Å². The van der Waals surface area contributed by atoms with Crippen LogP contribution in [0.4, 0.5) is 11.4 Å². The van der Waals surface area contributed by atoms with Crippen LogP contribution in [0.1, 0.15) is 12.8 Å². The van der Waals surface area contributed by atoms with E-state index in [4.69, 9.17) is 9.72 Å². The molecule has 2 heterocycles. The minimum atomic E-state index is -0.255. The maximum atomic E-state index is 12.5. The number of aromatic nitrogens is 1. The quantitative estimate of drug-likeness (QED) is 0.450. The molecule has 1 fully saturated rings. The molecule has 1 aliphatic heterocycles. The summed E-state index contributed by atoms with van der Waals surface area (Å²) >= 11 is 1.59. The van der Waals surface area contributed by atoms with Gasteiger partial charge in [-0.2, -0.15) is 0 Å². The van der Waals surface area contributed by atoms with E-state index in [0.717, 1.165) is 39.4 Å². The number of anilines is 2. The number of fused-ring (bicyclic) bond motifs is 1. The van der Waals surface area contributed by atoms with E-state index in [1.165, 1.54) is 0 Å². The number of thiazole rings is 1. The highest BCUT2D eigenvalue weighted by Crippen LogP contribution is 2.35. The number of amides is 2. The van der Waals surface area contributed by atoms with E-state index < -0.39 is 0 Å². The van der Waals surface area contributed by atoms with Gasteiger partial charge in [-0.05, 0) is 55.0 Å². The van der Waals surface area contributed by atoms with Gasteiger partial charge in [0.25, 0.3) is 5.91 Å². The summed E-state index contributed by atoms with van der Waals surface area (Å²) in [5.74, 6) is 0.501. The van der Waals surface area contributed by atoms with Crippen molar-refractivity contribution in [3.05, 3.63) is 72.8 Å². The standard InChI is InChI=1S/C25H21N3O3S/c29-23(26-17-11-13-18(14-12-17)28-15-5-10-24(28)30)16-31-21-8-3-1-6-19(21)25-27-20-7-2-4-9-22(20)32-25/h1-4,6-9,11-14H,5,10,15-16H2,(H,26,29). The van der Waals surface area contributed by atoms with Gasteiger partial charge in [-0.3, -0.25) is 9.59 Å². The number of hydrogen-bond donors (Lipinski definition) is 1. The van der Waals surface area contributed by atoms with Gasteiger partial charge in [-0.25, -0.2) is 4.98 Å². The minimum absolute atomic E-state index is 0.117. The lowest BCUT2D eigenvalue weighted by Crippen LogP contribution is -2.23.